The smallest absolute Gasteiger partial charge is 0.222 e. The highest BCUT2D eigenvalue weighted by Crippen LogP contribution is 2.27. The summed E-state index contributed by atoms with van der Waals surface area (Å²) in [6.07, 6.45) is 2.33. The summed E-state index contributed by atoms with van der Waals surface area (Å²) in [4.78, 5) is 25.6. The van der Waals surface area contributed by atoms with Gasteiger partial charge in [-0.3, -0.25) is 4.79 Å². The fourth-order valence-corrected chi connectivity index (χ4v) is 3.68. The molecule has 1 aliphatic rings. The summed E-state index contributed by atoms with van der Waals surface area (Å²) in [5.74, 6) is 2.40. The molecule has 1 amide bonds. The largest absolute Gasteiger partial charge is 0.497 e. The van der Waals surface area contributed by atoms with Crippen LogP contribution in [0.3, 0.4) is 0 Å². The molecule has 1 saturated heterocycles. The molecule has 4 rings (SSSR count). The molecular weight excluding hydrogens is 384 g/mol. The van der Waals surface area contributed by atoms with Gasteiger partial charge in [0, 0.05) is 39.7 Å². The van der Waals surface area contributed by atoms with Crippen molar-refractivity contribution in [3.8, 4) is 11.4 Å². The first-order valence-electron chi connectivity index (χ1n) is 10.0. The van der Waals surface area contributed by atoms with Gasteiger partial charge in [0.05, 0.1) is 24.4 Å². The maximum atomic E-state index is 12.0. The van der Waals surface area contributed by atoms with Gasteiger partial charge < -0.3 is 19.3 Å². The Labute approximate surface area is 175 Å². The molecule has 0 saturated carbocycles. The molecule has 0 atom stereocenters. The van der Waals surface area contributed by atoms with Crippen molar-refractivity contribution >= 4 is 22.8 Å². The van der Waals surface area contributed by atoms with Gasteiger partial charge in [0.1, 0.15) is 18.2 Å². The molecule has 0 spiro atoms. The Morgan fingerprint density at radius 3 is 2.43 bits per heavy atom. The molecule has 0 N–H and O–H groups in total. The summed E-state index contributed by atoms with van der Waals surface area (Å²) in [6.45, 7) is 5.02. The number of nitrogens with zero attached hydrogens (tertiary/aromatic N) is 6. The number of ether oxygens (including phenoxy) is 2. The molecule has 3 heterocycles. The minimum atomic E-state index is 0.190. The molecule has 2 aromatic heterocycles. The van der Waals surface area contributed by atoms with Crippen molar-refractivity contribution in [2.24, 2.45) is 0 Å². The van der Waals surface area contributed by atoms with Crippen molar-refractivity contribution in [2.75, 3.05) is 45.3 Å². The van der Waals surface area contributed by atoms with Crippen LogP contribution in [-0.4, -0.2) is 71.0 Å². The fourth-order valence-electron chi connectivity index (χ4n) is 3.68. The topological polar surface area (TPSA) is 85.6 Å². The predicted octanol–water partition coefficient (Wildman–Crippen LogP) is 2.03. The second kappa shape index (κ2) is 8.66. The van der Waals surface area contributed by atoms with Crippen LogP contribution in [0.1, 0.15) is 19.2 Å². The summed E-state index contributed by atoms with van der Waals surface area (Å²) in [5, 5.41) is 5.45. The highest BCUT2D eigenvalue weighted by atomic mass is 16.5. The van der Waals surface area contributed by atoms with Crippen LogP contribution in [0.5, 0.6) is 5.75 Å². The molecule has 158 valence electrons. The van der Waals surface area contributed by atoms with Gasteiger partial charge in [0.15, 0.2) is 11.5 Å². The molecule has 1 fully saturated rings. The van der Waals surface area contributed by atoms with E-state index >= 15 is 0 Å². The van der Waals surface area contributed by atoms with E-state index in [1.807, 2.05) is 36.1 Å². The number of aromatic nitrogens is 4. The van der Waals surface area contributed by atoms with E-state index in [0.29, 0.717) is 31.9 Å². The molecule has 0 bridgehead atoms. The second-order valence-corrected chi connectivity index (χ2v) is 7.11. The Balaban J connectivity index is 1.71. The maximum absolute atomic E-state index is 12.0. The van der Waals surface area contributed by atoms with E-state index in [1.54, 1.807) is 25.1 Å². The van der Waals surface area contributed by atoms with Crippen LogP contribution in [0.15, 0.2) is 30.5 Å². The number of piperazine rings is 1. The van der Waals surface area contributed by atoms with E-state index in [1.165, 1.54) is 0 Å². The Hall–Kier alpha value is -3.20. The van der Waals surface area contributed by atoms with Crippen molar-refractivity contribution < 1.29 is 14.3 Å². The zero-order chi connectivity index (χ0) is 21.1. The number of fused-ring (bicyclic) bond motifs is 1. The summed E-state index contributed by atoms with van der Waals surface area (Å²) >= 11 is 0. The number of hydrogen-bond acceptors (Lipinski definition) is 7. The van der Waals surface area contributed by atoms with Gasteiger partial charge in [-0.15, -0.1) is 0 Å². The maximum Gasteiger partial charge on any atom is 0.222 e. The molecule has 9 nitrogen and oxygen atoms in total. The van der Waals surface area contributed by atoms with Crippen LogP contribution >= 0.6 is 0 Å². The lowest BCUT2D eigenvalue weighted by atomic mass is 10.2. The van der Waals surface area contributed by atoms with Gasteiger partial charge in [0.25, 0.3) is 0 Å². The molecule has 1 aliphatic heterocycles. The van der Waals surface area contributed by atoms with Gasteiger partial charge in [-0.25, -0.2) is 14.6 Å². The number of rotatable bonds is 6. The van der Waals surface area contributed by atoms with E-state index in [9.17, 15) is 4.79 Å². The van der Waals surface area contributed by atoms with Crippen LogP contribution in [-0.2, 0) is 16.1 Å². The first-order chi connectivity index (χ1) is 14.6. The van der Waals surface area contributed by atoms with E-state index in [2.05, 4.69) is 10.00 Å². The van der Waals surface area contributed by atoms with Gasteiger partial charge >= 0.3 is 0 Å². The van der Waals surface area contributed by atoms with E-state index in [0.717, 1.165) is 41.4 Å². The molecule has 3 aromatic rings. The van der Waals surface area contributed by atoms with Gasteiger partial charge in [-0.1, -0.05) is 6.92 Å². The molecule has 0 radical (unpaired) electrons. The Kier molecular flexibility index (Phi) is 5.80. The minimum absolute atomic E-state index is 0.190. The number of anilines is 1. The van der Waals surface area contributed by atoms with E-state index < -0.39 is 0 Å². The number of amides is 1. The number of methoxy groups -OCH3 is 2. The second-order valence-electron chi connectivity index (χ2n) is 7.11. The van der Waals surface area contributed by atoms with Gasteiger partial charge in [-0.2, -0.15) is 5.10 Å². The highest BCUT2D eigenvalue weighted by Gasteiger charge is 2.24. The van der Waals surface area contributed by atoms with Gasteiger partial charge in [-0.05, 0) is 24.3 Å². The summed E-state index contributed by atoms with van der Waals surface area (Å²) in [6, 6.07) is 7.67. The third kappa shape index (κ3) is 3.80. The van der Waals surface area contributed by atoms with Crippen LogP contribution in [0.4, 0.5) is 5.82 Å². The molecule has 0 unspecified atom stereocenters. The average molecular weight is 410 g/mol. The number of benzene rings is 1. The van der Waals surface area contributed by atoms with Crippen molar-refractivity contribution in [1.29, 1.82) is 0 Å². The van der Waals surface area contributed by atoms with E-state index in [-0.39, 0.29) is 5.91 Å². The number of hydrogen-bond donors (Lipinski definition) is 0. The molecular formula is C21H26N6O3. The van der Waals surface area contributed by atoms with Crippen LogP contribution in [0, 0.1) is 0 Å². The van der Waals surface area contributed by atoms with E-state index in [4.69, 9.17) is 19.4 Å². The normalized spacial score (nSPS) is 14.4. The van der Waals surface area contributed by atoms with Gasteiger partial charge in [0.2, 0.25) is 5.91 Å². The lowest BCUT2D eigenvalue weighted by Gasteiger charge is -2.35. The SMILES string of the molecule is CCC(=O)N1CCN(c2nc(COC)nc3c2cnn3-c2ccc(OC)cc2)CC1. The van der Waals surface area contributed by atoms with Crippen LogP contribution in [0.2, 0.25) is 0 Å². The molecule has 9 heteroatoms. The first-order valence-corrected chi connectivity index (χ1v) is 10.0. The van der Waals surface area contributed by atoms with Crippen molar-refractivity contribution in [1.82, 2.24) is 24.6 Å². The lowest BCUT2D eigenvalue weighted by Crippen LogP contribution is -2.49. The standard InChI is InChI=1S/C21H26N6O3/c1-4-19(28)25-9-11-26(12-10-25)20-17-13-22-27(15-5-7-16(30-3)8-6-15)21(17)24-18(23-20)14-29-2/h5-8,13H,4,9-12,14H2,1-3H3. The third-order valence-corrected chi connectivity index (χ3v) is 5.28. The summed E-state index contributed by atoms with van der Waals surface area (Å²) < 4.78 is 12.3. The fraction of sp³-hybridized carbons (Fsp3) is 0.429. The first kappa shape index (κ1) is 20.1. The lowest BCUT2D eigenvalue weighted by molar-refractivity contribution is -0.131. The van der Waals surface area contributed by atoms with Crippen LogP contribution < -0.4 is 9.64 Å². The Bertz CT molecular complexity index is 1030. The summed E-state index contributed by atoms with van der Waals surface area (Å²) in [5.41, 5.74) is 1.61. The third-order valence-electron chi connectivity index (χ3n) is 5.28. The number of carbonyl (C=O) groups is 1. The average Bonchev–Trinajstić information content (AvgIpc) is 3.22. The zero-order valence-electron chi connectivity index (χ0n) is 17.5. The predicted molar refractivity (Wildman–Crippen MR) is 113 cm³/mol. The number of carbonyl (C=O) groups excluding carboxylic acids is 1. The molecule has 30 heavy (non-hydrogen) atoms. The molecule has 0 aliphatic carbocycles. The molecule has 1 aromatic carbocycles. The monoisotopic (exact) mass is 410 g/mol. The zero-order valence-corrected chi connectivity index (χ0v) is 17.5. The highest BCUT2D eigenvalue weighted by molar-refractivity contribution is 5.88. The quantitative estimate of drug-likeness (QED) is 0.615. The van der Waals surface area contributed by atoms with Crippen molar-refractivity contribution in [2.45, 2.75) is 20.0 Å². The Morgan fingerprint density at radius 1 is 1.07 bits per heavy atom. The Morgan fingerprint density at radius 2 is 1.80 bits per heavy atom. The van der Waals surface area contributed by atoms with Crippen molar-refractivity contribution in [3.63, 3.8) is 0 Å². The van der Waals surface area contributed by atoms with Crippen LogP contribution in [0.25, 0.3) is 16.7 Å². The summed E-state index contributed by atoms with van der Waals surface area (Å²) in [7, 11) is 3.27. The minimum Gasteiger partial charge on any atom is -0.497 e. The van der Waals surface area contributed by atoms with Crippen molar-refractivity contribution in [3.05, 3.63) is 36.3 Å².